The second-order valence-electron chi connectivity index (χ2n) is 7.83. The number of hydrogen-bond donors (Lipinski definition) is 0. The maximum atomic E-state index is 13.2. The third kappa shape index (κ3) is 3.61. The number of amides is 2. The molecule has 0 bridgehead atoms. The summed E-state index contributed by atoms with van der Waals surface area (Å²) in [6.07, 6.45) is 2.32. The van der Waals surface area contributed by atoms with Crippen molar-refractivity contribution in [3.63, 3.8) is 0 Å². The molecule has 2 amide bonds. The lowest BCUT2D eigenvalue weighted by Crippen LogP contribution is -2.52. The highest BCUT2D eigenvalue weighted by Gasteiger charge is 2.30. The van der Waals surface area contributed by atoms with Crippen LogP contribution in [0.15, 0.2) is 42.5 Å². The quantitative estimate of drug-likeness (QED) is 0.824. The van der Waals surface area contributed by atoms with E-state index < -0.39 is 0 Å². The Labute approximate surface area is 166 Å². The predicted molar refractivity (Wildman–Crippen MR) is 112 cm³/mol. The molecule has 0 N–H and O–H groups in total. The number of carbonyl (C=O) groups excluding carboxylic acids is 2. The summed E-state index contributed by atoms with van der Waals surface area (Å²) in [4.78, 5) is 31.8. The van der Waals surface area contributed by atoms with Crippen LogP contribution < -0.4 is 9.80 Å². The summed E-state index contributed by atoms with van der Waals surface area (Å²) in [6, 6.07) is 14.0. The fourth-order valence-electron chi connectivity index (χ4n) is 4.28. The van der Waals surface area contributed by atoms with E-state index in [1.54, 1.807) is 9.80 Å². The molecule has 146 valence electrons. The Morgan fingerprint density at radius 3 is 2.25 bits per heavy atom. The van der Waals surface area contributed by atoms with Gasteiger partial charge in [0.2, 0.25) is 5.91 Å². The van der Waals surface area contributed by atoms with Gasteiger partial charge < -0.3 is 14.7 Å². The van der Waals surface area contributed by atoms with Crippen LogP contribution in [0.4, 0.5) is 11.4 Å². The molecule has 2 aromatic rings. The third-order valence-corrected chi connectivity index (χ3v) is 5.61. The average molecular weight is 377 g/mol. The molecule has 0 aliphatic carbocycles. The summed E-state index contributed by atoms with van der Waals surface area (Å²) < 4.78 is 0. The van der Waals surface area contributed by atoms with Crippen molar-refractivity contribution >= 4 is 23.2 Å². The van der Waals surface area contributed by atoms with Crippen LogP contribution in [0, 0.1) is 13.8 Å². The van der Waals surface area contributed by atoms with Crippen LogP contribution in [0.25, 0.3) is 0 Å². The van der Waals surface area contributed by atoms with Crippen LogP contribution in [0.5, 0.6) is 0 Å². The van der Waals surface area contributed by atoms with Gasteiger partial charge in [-0.25, -0.2) is 0 Å². The number of benzene rings is 2. The summed E-state index contributed by atoms with van der Waals surface area (Å²) in [7, 11) is 0. The molecule has 0 radical (unpaired) electrons. The van der Waals surface area contributed by atoms with Crippen molar-refractivity contribution in [1.82, 2.24) is 4.90 Å². The number of carbonyl (C=O) groups is 2. The third-order valence-electron chi connectivity index (χ3n) is 5.61. The molecular formula is C23H27N3O2. The Balaban J connectivity index is 1.52. The lowest BCUT2D eigenvalue weighted by Gasteiger charge is -2.35. The van der Waals surface area contributed by atoms with E-state index in [-0.39, 0.29) is 18.4 Å². The standard InChI is InChI=1S/C23H27N3O2/c1-17-13-18(2)15-19(14-17)26-12-11-25(16-22(26)27)23(28)20-7-3-4-8-21(20)24-9-5-6-10-24/h3-4,7-8,13-15H,5-6,9-12,16H2,1-2H3. The zero-order valence-corrected chi connectivity index (χ0v) is 16.6. The Bertz CT molecular complexity index is 882. The lowest BCUT2D eigenvalue weighted by molar-refractivity contribution is -0.120. The molecule has 28 heavy (non-hydrogen) atoms. The van der Waals surface area contributed by atoms with E-state index in [2.05, 4.69) is 11.0 Å². The molecule has 2 heterocycles. The van der Waals surface area contributed by atoms with Gasteiger partial charge in [-0.3, -0.25) is 9.59 Å². The zero-order valence-electron chi connectivity index (χ0n) is 16.6. The molecule has 2 aliphatic rings. The van der Waals surface area contributed by atoms with Gasteiger partial charge in [0.15, 0.2) is 0 Å². The van der Waals surface area contributed by atoms with Crippen molar-refractivity contribution in [3.05, 3.63) is 59.2 Å². The first-order chi connectivity index (χ1) is 13.5. The van der Waals surface area contributed by atoms with Crippen LogP contribution in [-0.2, 0) is 4.79 Å². The van der Waals surface area contributed by atoms with Crippen LogP contribution >= 0.6 is 0 Å². The highest BCUT2D eigenvalue weighted by Crippen LogP contribution is 2.27. The predicted octanol–water partition coefficient (Wildman–Crippen LogP) is 3.39. The van der Waals surface area contributed by atoms with Gasteiger partial charge >= 0.3 is 0 Å². The first-order valence-corrected chi connectivity index (χ1v) is 10.0. The van der Waals surface area contributed by atoms with Gasteiger partial charge in [0.25, 0.3) is 5.91 Å². The minimum Gasteiger partial charge on any atom is -0.371 e. The maximum Gasteiger partial charge on any atom is 0.256 e. The van der Waals surface area contributed by atoms with E-state index in [1.807, 2.05) is 50.2 Å². The van der Waals surface area contributed by atoms with Crippen molar-refractivity contribution in [2.75, 3.05) is 42.5 Å². The summed E-state index contributed by atoms with van der Waals surface area (Å²) >= 11 is 0. The van der Waals surface area contributed by atoms with Gasteiger partial charge in [-0.05, 0) is 62.1 Å². The maximum absolute atomic E-state index is 13.2. The first kappa shape index (κ1) is 18.5. The van der Waals surface area contributed by atoms with Gasteiger partial charge in [0.05, 0.1) is 5.56 Å². The smallest absolute Gasteiger partial charge is 0.256 e. The van der Waals surface area contributed by atoms with Gasteiger partial charge in [-0.15, -0.1) is 0 Å². The number of nitrogens with zero attached hydrogens (tertiary/aromatic N) is 3. The Hall–Kier alpha value is -2.82. The molecule has 2 aromatic carbocycles. The van der Waals surface area contributed by atoms with Gasteiger partial charge in [-0.2, -0.15) is 0 Å². The molecule has 2 saturated heterocycles. The van der Waals surface area contributed by atoms with E-state index in [4.69, 9.17) is 0 Å². The average Bonchev–Trinajstić information content (AvgIpc) is 3.21. The molecule has 2 fully saturated rings. The highest BCUT2D eigenvalue weighted by atomic mass is 16.2. The summed E-state index contributed by atoms with van der Waals surface area (Å²) in [5, 5.41) is 0. The number of hydrogen-bond acceptors (Lipinski definition) is 3. The summed E-state index contributed by atoms with van der Waals surface area (Å²) in [6.45, 7) is 7.25. The zero-order chi connectivity index (χ0) is 19.7. The molecule has 0 aromatic heterocycles. The Morgan fingerprint density at radius 2 is 1.57 bits per heavy atom. The normalized spacial score (nSPS) is 17.4. The van der Waals surface area contributed by atoms with Crippen molar-refractivity contribution in [2.24, 2.45) is 0 Å². The number of piperazine rings is 1. The minimum atomic E-state index is -0.0454. The van der Waals surface area contributed by atoms with Gasteiger partial charge in [0, 0.05) is 37.6 Å². The second kappa shape index (κ2) is 7.66. The van der Waals surface area contributed by atoms with E-state index in [0.29, 0.717) is 18.7 Å². The van der Waals surface area contributed by atoms with Crippen LogP contribution in [0.3, 0.4) is 0 Å². The van der Waals surface area contributed by atoms with Gasteiger partial charge in [-0.1, -0.05) is 18.2 Å². The molecule has 0 atom stereocenters. The summed E-state index contributed by atoms with van der Waals surface area (Å²) in [5.74, 6) is -0.0702. The van der Waals surface area contributed by atoms with Gasteiger partial charge in [0.1, 0.15) is 6.54 Å². The Kier molecular flexibility index (Phi) is 5.07. The van der Waals surface area contributed by atoms with E-state index in [1.165, 1.54) is 0 Å². The largest absolute Gasteiger partial charge is 0.371 e. The van der Waals surface area contributed by atoms with Crippen LogP contribution in [0.1, 0.15) is 34.3 Å². The monoisotopic (exact) mass is 377 g/mol. The fraction of sp³-hybridized carbons (Fsp3) is 0.391. The van der Waals surface area contributed by atoms with E-state index in [9.17, 15) is 9.59 Å². The van der Waals surface area contributed by atoms with E-state index in [0.717, 1.165) is 48.4 Å². The van der Waals surface area contributed by atoms with E-state index >= 15 is 0 Å². The van der Waals surface area contributed by atoms with Crippen molar-refractivity contribution in [1.29, 1.82) is 0 Å². The highest BCUT2D eigenvalue weighted by molar-refractivity contribution is 6.04. The molecule has 0 saturated carbocycles. The second-order valence-corrected chi connectivity index (χ2v) is 7.83. The molecule has 2 aliphatic heterocycles. The van der Waals surface area contributed by atoms with Crippen molar-refractivity contribution in [2.45, 2.75) is 26.7 Å². The SMILES string of the molecule is Cc1cc(C)cc(N2CCN(C(=O)c3ccccc3N3CCCC3)CC2=O)c1. The minimum absolute atomic E-state index is 0.0248. The molecule has 5 heteroatoms. The molecule has 4 rings (SSSR count). The number of rotatable bonds is 3. The summed E-state index contributed by atoms with van der Waals surface area (Å²) in [5.41, 5.74) is 4.90. The van der Waals surface area contributed by atoms with Crippen LogP contribution in [-0.4, -0.2) is 49.4 Å². The van der Waals surface area contributed by atoms with Crippen molar-refractivity contribution in [3.8, 4) is 0 Å². The molecule has 0 spiro atoms. The lowest BCUT2D eigenvalue weighted by atomic mass is 10.1. The van der Waals surface area contributed by atoms with Crippen LogP contribution in [0.2, 0.25) is 0 Å². The molecule has 0 unspecified atom stereocenters. The molecule has 5 nitrogen and oxygen atoms in total. The fourth-order valence-corrected chi connectivity index (χ4v) is 4.28. The topological polar surface area (TPSA) is 43.9 Å². The number of anilines is 2. The first-order valence-electron chi connectivity index (χ1n) is 10.0. The Morgan fingerprint density at radius 1 is 0.893 bits per heavy atom. The number of aryl methyl sites for hydroxylation is 2. The molecular weight excluding hydrogens is 350 g/mol. The number of para-hydroxylation sites is 1. The van der Waals surface area contributed by atoms with Crippen molar-refractivity contribution < 1.29 is 9.59 Å².